The van der Waals surface area contributed by atoms with Crippen LogP contribution in [0.3, 0.4) is 0 Å². The van der Waals surface area contributed by atoms with Crippen LogP contribution < -0.4 is 14.7 Å². The Morgan fingerprint density at radius 3 is 2.28 bits per heavy atom. The number of benzene rings is 2. The van der Waals surface area contributed by atoms with E-state index < -0.39 is 5.82 Å². The molecule has 1 aromatic heterocycles. The topological polar surface area (TPSA) is 73.5 Å². The number of aromatic amines is 1. The van der Waals surface area contributed by atoms with Gasteiger partial charge in [-0.2, -0.15) is 0 Å². The summed E-state index contributed by atoms with van der Waals surface area (Å²) in [7, 11) is 4.01. The minimum Gasteiger partial charge on any atom is -0.378 e. The monoisotopic (exact) mass is 521 g/mol. The van der Waals surface area contributed by atoms with E-state index in [1.807, 2.05) is 14.1 Å². The van der Waals surface area contributed by atoms with Crippen LogP contribution in [0, 0.1) is 35.4 Å². The SMILES string of the molecule is CN(C)c1ccc([C@H]2c3sc(=O)[nH]c3S[C@@H]3[C@@H]4C[C@H]([C@H]5C(=O)N(c6ccc(F)cc6)C(=O)[C@H]45)[C@H]23)cc1. The van der Waals surface area contributed by atoms with E-state index in [4.69, 9.17) is 0 Å². The molecule has 0 unspecified atom stereocenters. The van der Waals surface area contributed by atoms with E-state index in [0.29, 0.717) is 5.69 Å². The van der Waals surface area contributed by atoms with Crippen LogP contribution in [0.4, 0.5) is 15.8 Å². The summed E-state index contributed by atoms with van der Waals surface area (Å²) in [4.78, 5) is 47.1. The van der Waals surface area contributed by atoms with Crippen molar-refractivity contribution in [3.63, 3.8) is 0 Å². The van der Waals surface area contributed by atoms with Crippen molar-refractivity contribution in [2.45, 2.75) is 22.6 Å². The third kappa shape index (κ3) is 2.99. The molecule has 1 N–H and O–H groups in total. The molecule has 0 spiro atoms. The lowest BCUT2D eigenvalue weighted by Crippen LogP contribution is -2.42. The fraction of sp³-hybridized carbons (Fsp3) is 0.370. The van der Waals surface area contributed by atoms with Gasteiger partial charge < -0.3 is 9.88 Å². The van der Waals surface area contributed by atoms with Gasteiger partial charge in [-0.1, -0.05) is 23.5 Å². The number of anilines is 2. The molecule has 7 rings (SSSR count). The molecule has 0 radical (unpaired) electrons. The number of nitrogens with zero attached hydrogens (tertiary/aromatic N) is 2. The average Bonchev–Trinajstić information content (AvgIpc) is 3.59. The number of imide groups is 1. The summed E-state index contributed by atoms with van der Waals surface area (Å²) >= 11 is 2.95. The Morgan fingerprint density at radius 1 is 0.944 bits per heavy atom. The molecule has 6 nitrogen and oxygen atoms in total. The molecule has 36 heavy (non-hydrogen) atoms. The number of thioether (sulfide) groups is 1. The smallest absolute Gasteiger partial charge is 0.305 e. The van der Waals surface area contributed by atoms with Gasteiger partial charge in [-0.05, 0) is 66.1 Å². The van der Waals surface area contributed by atoms with Crippen LogP contribution in [-0.4, -0.2) is 36.1 Å². The summed E-state index contributed by atoms with van der Waals surface area (Å²) in [5, 5.41) is 1.06. The van der Waals surface area contributed by atoms with E-state index in [0.717, 1.165) is 27.6 Å². The van der Waals surface area contributed by atoms with Crippen molar-refractivity contribution in [2.24, 2.45) is 29.6 Å². The van der Waals surface area contributed by atoms with Gasteiger partial charge in [0.05, 0.1) is 22.5 Å². The number of halogens is 1. The summed E-state index contributed by atoms with van der Waals surface area (Å²) in [6.07, 6.45) is 0.845. The van der Waals surface area contributed by atoms with Crippen molar-refractivity contribution in [1.82, 2.24) is 4.98 Å². The standard InChI is InChI=1S/C27H24FN3O3S2/c1-30(2)14-7-3-12(4-8-14)18-19-16-11-17(22(19)35-24-23(18)36-27(34)29-24)21-20(16)25(32)31(26(21)33)15-9-5-13(28)6-10-15/h3-10,16-22H,11H2,1-2H3,(H,29,34)/t16-,17+,18+,19+,20+,21+,22+/m0/s1. The average molecular weight is 522 g/mol. The molecule has 2 saturated carbocycles. The molecular weight excluding hydrogens is 497 g/mol. The molecule has 2 aromatic carbocycles. The lowest BCUT2D eigenvalue weighted by atomic mass is 9.68. The first-order valence-corrected chi connectivity index (χ1v) is 13.8. The molecular formula is C27H24FN3O3S2. The molecule has 2 aliphatic heterocycles. The number of hydrogen-bond donors (Lipinski definition) is 1. The van der Waals surface area contributed by atoms with Gasteiger partial charge in [0.15, 0.2) is 0 Å². The second-order valence-electron chi connectivity index (χ2n) is 10.4. The van der Waals surface area contributed by atoms with E-state index in [9.17, 15) is 18.8 Å². The van der Waals surface area contributed by atoms with Gasteiger partial charge in [-0.3, -0.25) is 19.3 Å². The van der Waals surface area contributed by atoms with Crippen LogP contribution in [0.1, 0.15) is 22.8 Å². The van der Waals surface area contributed by atoms with Crippen LogP contribution in [0.5, 0.6) is 0 Å². The number of nitrogens with one attached hydrogen (secondary N) is 1. The van der Waals surface area contributed by atoms with Gasteiger partial charge in [0.25, 0.3) is 0 Å². The lowest BCUT2D eigenvalue weighted by Gasteiger charge is -2.43. The molecule has 3 fully saturated rings. The minimum absolute atomic E-state index is 0.00476. The van der Waals surface area contributed by atoms with Crippen LogP contribution in [0.25, 0.3) is 0 Å². The fourth-order valence-electron chi connectivity index (χ4n) is 7.21. The van der Waals surface area contributed by atoms with E-state index in [1.54, 1.807) is 11.8 Å². The molecule has 2 aliphatic carbocycles. The van der Waals surface area contributed by atoms with Crippen molar-refractivity contribution in [2.75, 3.05) is 23.9 Å². The van der Waals surface area contributed by atoms with E-state index in [2.05, 4.69) is 34.1 Å². The molecule has 184 valence electrons. The molecule has 1 saturated heterocycles. The maximum Gasteiger partial charge on any atom is 0.305 e. The van der Waals surface area contributed by atoms with Crippen LogP contribution in [-0.2, 0) is 9.59 Å². The van der Waals surface area contributed by atoms with Crippen molar-refractivity contribution in [1.29, 1.82) is 0 Å². The maximum atomic E-state index is 13.7. The molecule has 2 amide bonds. The van der Waals surface area contributed by atoms with Gasteiger partial charge in [-0.25, -0.2) is 4.39 Å². The molecule has 2 bridgehead atoms. The number of H-pyrrole nitrogens is 1. The largest absolute Gasteiger partial charge is 0.378 e. The first kappa shape index (κ1) is 22.3. The summed E-state index contributed by atoms with van der Waals surface area (Å²) in [6, 6.07) is 14.1. The highest BCUT2D eigenvalue weighted by molar-refractivity contribution is 8.00. The molecule has 3 heterocycles. The number of aromatic nitrogens is 1. The van der Waals surface area contributed by atoms with Gasteiger partial charge in [0.2, 0.25) is 11.8 Å². The maximum absolute atomic E-state index is 13.7. The number of hydrogen-bond acceptors (Lipinski definition) is 6. The molecule has 4 aliphatic rings. The number of carbonyl (C=O) groups excluding carboxylic acids is 2. The fourth-order valence-corrected chi connectivity index (χ4v) is 10.1. The first-order valence-electron chi connectivity index (χ1n) is 12.1. The Balaban J connectivity index is 1.31. The van der Waals surface area contributed by atoms with E-state index >= 15 is 0 Å². The quantitative estimate of drug-likeness (QED) is 0.520. The first-order chi connectivity index (χ1) is 17.3. The zero-order chi connectivity index (χ0) is 24.9. The molecule has 9 heteroatoms. The summed E-state index contributed by atoms with van der Waals surface area (Å²) in [6.45, 7) is 0. The lowest BCUT2D eigenvalue weighted by molar-refractivity contribution is -0.123. The third-order valence-electron chi connectivity index (χ3n) is 8.58. The second kappa shape index (κ2) is 7.79. The summed E-state index contributed by atoms with van der Waals surface area (Å²) in [5.74, 6) is -1.16. The molecule has 3 aromatic rings. The van der Waals surface area contributed by atoms with E-state index in [-0.39, 0.29) is 57.4 Å². The van der Waals surface area contributed by atoms with Crippen molar-refractivity contribution < 1.29 is 14.0 Å². The highest BCUT2D eigenvalue weighted by Gasteiger charge is 2.69. The predicted octanol–water partition coefficient (Wildman–Crippen LogP) is 4.32. The molecule has 7 atom stereocenters. The predicted molar refractivity (Wildman–Crippen MR) is 138 cm³/mol. The highest BCUT2D eigenvalue weighted by Crippen LogP contribution is 2.68. The Hall–Kier alpha value is -2.91. The van der Waals surface area contributed by atoms with Crippen molar-refractivity contribution in [3.05, 3.63) is 74.5 Å². The Kier molecular flexibility index (Phi) is 4.83. The van der Waals surface area contributed by atoms with Crippen LogP contribution in [0.15, 0.2) is 58.4 Å². The van der Waals surface area contributed by atoms with Crippen molar-refractivity contribution >= 4 is 46.3 Å². The van der Waals surface area contributed by atoms with Crippen LogP contribution >= 0.6 is 23.1 Å². The van der Waals surface area contributed by atoms with Crippen LogP contribution in [0.2, 0.25) is 0 Å². The normalized spacial score (nSPS) is 32.0. The van der Waals surface area contributed by atoms with E-state index in [1.165, 1.54) is 40.5 Å². The van der Waals surface area contributed by atoms with Crippen molar-refractivity contribution in [3.8, 4) is 0 Å². The Bertz CT molecular complexity index is 1450. The zero-order valence-corrected chi connectivity index (χ0v) is 21.3. The van der Waals surface area contributed by atoms with Gasteiger partial charge in [0, 0.05) is 35.8 Å². The highest BCUT2D eigenvalue weighted by atomic mass is 32.2. The Morgan fingerprint density at radius 2 is 1.61 bits per heavy atom. The number of rotatable bonds is 3. The van der Waals surface area contributed by atoms with Gasteiger partial charge >= 0.3 is 4.87 Å². The Labute approximate surface area is 215 Å². The minimum atomic E-state index is -0.399. The second-order valence-corrected chi connectivity index (χ2v) is 12.6. The van der Waals surface area contributed by atoms with Gasteiger partial charge in [0.1, 0.15) is 5.82 Å². The number of thiazole rings is 1. The zero-order valence-electron chi connectivity index (χ0n) is 19.7. The summed E-state index contributed by atoms with van der Waals surface area (Å²) in [5.41, 5.74) is 2.68. The summed E-state index contributed by atoms with van der Waals surface area (Å²) < 4.78 is 13.5. The number of carbonyl (C=O) groups is 2. The number of fused-ring (bicyclic) bond motifs is 9. The third-order valence-corrected chi connectivity index (χ3v) is 11.2. The van der Waals surface area contributed by atoms with Gasteiger partial charge in [-0.15, -0.1) is 11.8 Å². The number of amides is 2.